The second-order valence-electron chi connectivity index (χ2n) is 5.34. The van der Waals surface area contributed by atoms with Crippen molar-refractivity contribution in [3.63, 3.8) is 0 Å². The van der Waals surface area contributed by atoms with E-state index in [0.29, 0.717) is 23.1 Å². The topological polar surface area (TPSA) is 69.6 Å². The monoisotopic (exact) mass is 358 g/mol. The summed E-state index contributed by atoms with van der Waals surface area (Å²) in [5, 5.41) is 11.8. The summed E-state index contributed by atoms with van der Waals surface area (Å²) in [4.78, 5) is 24.8. The van der Waals surface area contributed by atoms with Crippen LogP contribution in [0.2, 0.25) is 0 Å². The molecule has 5 nitrogen and oxygen atoms in total. The number of anilines is 1. The molecule has 1 aliphatic rings. The summed E-state index contributed by atoms with van der Waals surface area (Å²) in [6.45, 7) is 2.61. The van der Waals surface area contributed by atoms with Crippen LogP contribution in [-0.2, 0) is 4.79 Å². The number of benzene rings is 1. The van der Waals surface area contributed by atoms with Gasteiger partial charge < -0.3 is 15.3 Å². The van der Waals surface area contributed by atoms with Crippen molar-refractivity contribution >= 4 is 33.6 Å². The zero-order valence-electron chi connectivity index (χ0n) is 11.5. The Kier molecular flexibility index (Phi) is 4.82. The lowest BCUT2D eigenvalue weighted by atomic mass is 9.91. The number of urea groups is 1. The van der Waals surface area contributed by atoms with Crippen LogP contribution in [-0.4, -0.2) is 35.1 Å². The number of likely N-dealkylation sites (tertiary alicyclic amines) is 1. The van der Waals surface area contributed by atoms with E-state index in [-0.39, 0.29) is 18.5 Å². The molecule has 1 heterocycles. The summed E-state index contributed by atoms with van der Waals surface area (Å²) < 4.78 is 13.5. The van der Waals surface area contributed by atoms with Crippen LogP contribution >= 0.6 is 15.9 Å². The smallest absolute Gasteiger partial charge is 0.321 e. The Hall–Kier alpha value is -1.63. The number of nitrogens with zero attached hydrogens (tertiary/aromatic N) is 1. The minimum atomic E-state index is -0.887. The van der Waals surface area contributed by atoms with Crippen molar-refractivity contribution in [2.45, 2.75) is 13.3 Å². The molecule has 2 N–H and O–H groups in total. The lowest BCUT2D eigenvalue weighted by Gasteiger charge is -2.34. The predicted octanol–water partition coefficient (Wildman–Crippen LogP) is 3.16. The highest BCUT2D eigenvalue weighted by Crippen LogP contribution is 2.25. The number of amides is 2. The average molecular weight is 359 g/mol. The molecule has 7 heteroatoms. The van der Waals surface area contributed by atoms with Gasteiger partial charge >= 0.3 is 12.0 Å². The number of piperidine rings is 1. The summed E-state index contributed by atoms with van der Waals surface area (Å²) in [6.07, 6.45) is 0.569. The van der Waals surface area contributed by atoms with Gasteiger partial charge in [0.05, 0.1) is 11.6 Å². The van der Waals surface area contributed by atoms with E-state index in [1.54, 1.807) is 0 Å². The lowest BCUT2D eigenvalue weighted by Crippen LogP contribution is -2.47. The Labute approximate surface area is 130 Å². The Balaban J connectivity index is 2.07. The molecule has 2 rings (SSSR count). The molecule has 21 heavy (non-hydrogen) atoms. The lowest BCUT2D eigenvalue weighted by molar-refractivity contribution is -0.143. The standard InChI is InChI=1S/C14H16BrFN2O3/c1-8-4-9(13(19)20)7-18(6-8)14(21)17-12-3-2-10(16)5-11(12)15/h2-3,5,8-9H,4,6-7H2,1H3,(H,17,21)(H,19,20). The molecule has 2 unspecified atom stereocenters. The molecule has 0 bridgehead atoms. The van der Waals surface area contributed by atoms with E-state index in [1.807, 2.05) is 6.92 Å². The minimum absolute atomic E-state index is 0.127. The normalized spacial score (nSPS) is 22.0. The van der Waals surface area contributed by atoms with Crippen LogP contribution in [0, 0.1) is 17.7 Å². The molecule has 0 saturated carbocycles. The summed E-state index contributed by atoms with van der Waals surface area (Å²) in [5.74, 6) is -1.71. The molecule has 0 radical (unpaired) electrons. The number of nitrogens with one attached hydrogen (secondary N) is 1. The van der Waals surface area contributed by atoms with E-state index in [4.69, 9.17) is 5.11 Å². The van der Waals surface area contributed by atoms with Crippen LogP contribution < -0.4 is 5.32 Å². The number of halogens is 2. The van der Waals surface area contributed by atoms with Gasteiger partial charge in [-0.15, -0.1) is 0 Å². The van der Waals surface area contributed by atoms with Gasteiger partial charge in [0.1, 0.15) is 5.82 Å². The van der Waals surface area contributed by atoms with Crippen LogP contribution in [0.25, 0.3) is 0 Å². The van der Waals surface area contributed by atoms with Gasteiger partial charge in [0.2, 0.25) is 0 Å². The molecule has 2 atom stereocenters. The molecule has 1 saturated heterocycles. The van der Waals surface area contributed by atoms with E-state index < -0.39 is 17.7 Å². The number of carboxylic acids is 1. The third-order valence-corrected chi connectivity index (χ3v) is 4.12. The number of carbonyl (C=O) groups excluding carboxylic acids is 1. The largest absolute Gasteiger partial charge is 0.481 e. The fourth-order valence-corrected chi connectivity index (χ4v) is 2.93. The zero-order chi connectivity index (χ0) is 15.6. The van der Waals surface area contributed by atoms with Gasteiger partial charge in [0.15, 0.2) is 0 Å². The Morgan fingerprint density at radius 1 is 1.43 bits per heavy atom. The zero-order valence-corrected chi connectivity index (χ0v) is 13.1. The molecule has 1 aliphatic heterocycles. The van der Waals surface area contributed by atoms with E-state index in [1.165, 1.54) is 23.1 Å². The number of aliphatic carboxylic acids is 1. The van der Waals surface area contributed by atoms with Gasteiger partial charge in [-0.3, -0.25) is 4.79 Å². The quantitative estimate of drug-likeness (QED) is 0.852. The molecule has 0 aliphatic carbocycles. The first kappa shape index (κ1) is 15.8. The van der Waals surface area contributed by atoms with E-state index >= 15 is 0 Å². The van der Waals surface area contributed by atoms with Gasteiger partial charge in [-0.2, -0.15) is 0 Å². The molecule has 0 aromatic heterocycles. The van der Waals surface area contributed by atoms with E-state index in [2.05, 4.69) is 21.2 Å². The first-order valence-corrected chi connectivity index (χ1v) is 7.40. The summed E-state index contributed by atoms with van der Waals surface area (Å²) in [7, 11) is 0. The Bertz CT molecular complexity index is 567. The SMILES string of the molecule is CC1CC(C(=O)O)CN(C(=O)Nc2ccc(F)cc2Br)C1. The number of rotatable bonds is 2. The van der Waals surface area contributed by atoms with Gasteiger partial charge in [-0.1, -0.05) is 6.92 Å². The predicted molar refractivity (Wildman–Crippen MR) is 79.6 cm³/mol. The van der Waals surface area contributed by atoms with Crippen LogP contribution in [0.5, 0.6) is 0 Å². The molecule has 0 spiro atoms. The first-order chi connectivity index (χ1) is 9.86. The van der Waals surface area contributed by atoms with Crippen LogP contribution in [0.4, 0.5) is 14.9 Å². The van der Waals surface area contributed by atoms with Gasteiger partial charge in [0.25, 0.3) is 0 Å². The third kappa shape index (κ3) is 3.93. The second-order valence-corrected chi connectivity index (χ2v) is 6.19. The third-order valence-electron chi connectivity index (χ3n) is 3.47. The first-order valence-electron chi connectivity index (χ1n) is 6.60. The van der Waals surface area contributed by atoms with Crippen LogP contribution in [0.1, 0.15) is 13.3 Å². The van der Waals surface area contributed by atoms with E-state index in [9.17, 15) is 14.0 Å². The maximum absolute atomic E-state index is 13.0. The van der Waals surface area contributed by atoms with Gasteiger partial charge in [-0.25, -0.2) is 9.18 Å². The number of carboxylic acid groups (broad SMARTS) is 1. The fraction of sp³-hybridized carbons (Fsp3) is 0.429. The fourth-order valence-electron chi connectivity index (χ4n) is 2.48. The summed E-state index contributed by atoms with van der Waals surface area (Å²) in [6, 6.07) is 3.59. The molecule has 1 aromatic carbocycles. The number of hydrogen-bond donors (Lipinski definition) is 2. The highest BCUT2D eigenvalue weighted by Gasteiger charge is 2.32. The summed E-state index contributed by atoms with van der Waals surface area (Å²) in [5.41, 5.74) is 0.450. The van der Waals surface area contributed by atoms with Crippen molar-refractivity contribution in [1.29, 1.82) is 0 Å². The summed E-state index contributed by atoms with van der Waals surface area (Å²) >= 11 is 3.18. The molecular formula is C14H16BrFN2O3. The van der Waals surface area contributed by atoms with Crippen molar-refractivity contribution in [1.82, 2.24) is 4.90 Å². The highest BCUT2D eigenvalue weighted by molar-refractivity contribution is 9.10. The van der Waals surface area contributed by atoms with Crippen molar-refractivity contribution < 1.29 is 19.1 Å². The molecule has 1 aromatic rings. The maximum Gasteiger partial charge on any atom is 0.321 e. The minimum Gasteiger partial charge on any atom is -0.481 e. The Morgan fingerprint density at radius 2 is 2.14 bits per heavy atom. The molecule has 114 valence electrons. The van der Waals surface area contributed by atoms with Gasteiger partial charge in [0, 0.05) is 17.6 Å². The molecular weight excluding hydrogens is 343 g/mol. The van der Waals surface area contributed by atoms with Crippen LogP contribution in [0.3, 0.4) is 0 Å². The second kappa shape index (κ2) is 6.43. The van der Waals surface area contributed by atoms with Crippen molar-refractivity contribution in [3.8, 4) is 0 Å². The van der Waals surface area contributed by atoms with Crippen molar-refractivity contribution in [2.75, 3.05) is 18.4 Å². The molecule has 1 fully saturated rings. The number of carbonyl (C=O) groups is 2. The van der Waals surface area contributed by atoms with E-state index in [0.717, 1.165) is 0 Å². The number of hydrogen-bond acceptors (Lipinski definition) is 2. The average Bonchev–Trinajstić information content (AvgIpc) is 2.41. The maximum atomic E-state index is 13.0. The molecule has 2 amide bonds. The van der Waals surface area contributed by atoms with Crippen molar-refractivity contribution in [2.24, 2.45) is 11.8 Å². The van der Waals surface area contributed by atoms with Crippen LogP contribution in [0.15, 0.2) is 22.7 Å². The highest BCUT2D eigenvalue weighted by atomic mass is 79.9. The Morgan fingerprint density at radius 3 is 2.76 bits per heavy atom. The van der Waals surface area contributed by atoms with Crippen molar-refractivity contribution in [3.05, 3.63) is 28.5 Å². The van der Waals surface area contributed by atoms with Gasteiger partial charge in [-0.05, 0) is 46.5 Å².